The molecule has 7 nitrogen and oxygen atoms in total. The largest absolute Gasteiger partial charge is 0.304 e. The van der Waals surface area contributed by atoms with E-state index in [0.29, 0.717) is 6.07 Å². The molecule has 1 N–H and O–H groups in total. The van der Waals surface area contributed by atoms with Gasteiger partial charge >= 0.3 is 5.69 Å². The Bertz CT molecular complexity index is 623. The number of nitriles is 1. The molecule has 0 aromatic heterocycles. The summed E-state index contributed by atoms with van der Waals surface area (Å²) >= 11 is 0. The lowest BCUT2D eigenvalue weighted by atomic mass is 10.3. The lowest BCUT2D eigenvalue weighted by molar-refractivity contribution is -0.387. The summed E-state index contributed by atoms with van der Waals surface area (Å²) in [5.41, 5.74) is -0.938. The molecule has 1 unspecified atom stereocenters. The van der Waals surface area contributed by atoms with Gasteiger partial charge in [0, 0.05) is 12.1 Å². The van der Waals surface area contributed by atoms with E-state index in [1.165, 1.54) is 6.07 Å². The number of anilines is 1. The van der Waals surface area contributed by atoms with Crippen molar-refractivity contribution in [3.05, 3.63) is 34.1 Å². The molecule has 0 heterocycles. The van der Waals surface area contributed by atoms with Crippen molar-refractivity contribution in [1.82, 2.24) is 0 Å². The van der Waals surface area contributed by atoms with E-state index in [0.717, 1.165) is 19.1 Å². The predicted molar refractivity (Wildman–Crippen MR) is 60.7 cm³/mol. The van der Waals surface area contributed by atoms with Crippen molar-refractivity contribution >= 4 is 21.4 Å². The van der Waals surface area contributed by atoms with Crippen LogP contribution >= 0.6 is 0 Å². The number of nitrogens with one attached hydrogen (secondary N) is 1. The Hall–Kier alpha value is -2.21. The van der Waals surface area contributed by atoms with Gasteiger partial charge in [-0.25, -0.2) is 8.42 Å². The van der Waals surface area contributed by atoms with E-state index in [2.05, 4.69) is 0 Å². The summed E-state index contributed by atoms with van der Waals surface area (Å²) in [4.78, 5) is 9.43. The second-order valence-corrected chi connectivity index (χ2v) is 5.34. The molecule has 1 aromatic carbocycles. The van der Waals surface area contributed by atoms with Crippen molar-refractivity contribution in [2.45, 2.75) is 12.2 Å². The maximum Gasteiger partial charge on any atom is 0.304 e. The zero-order valence-corrected chi connectivity index (χ0v) is 9.94. The first kappa shape index (κ1) is 13.9. The van der Waals surface area contributed by atoms with Gasteiger partial charge in [0.05, 0.1) is 16.7 Å². The molecule has 0 aliphatic rings. The summed E-state index contributed by atoms with van der Waals surface area (Å²) in [6.07, 6.45) is 0. The third kappa shape index (κ3) is 2.92. The van der Waals surface area contributed by atoms with Gasteiger partial charge in [0.25, 0.3) is 0 Å². The van der Waals surface area contributed by atoms with Crippen LogP contribution in [0.4, 0.5) is 15.8 Å². The Morgan fingerprint density at radius 2 is 2.17 bits per heavy atom. The molecular formula is C9H8FN3O4S. The molecule has 0 radical (unpaired) electrons. The molecule has 0 fully saturated rings. The molecule has 9 heteroatoms. The highest BCUT2D eigenvalue weighted by Crippen LogP contribution is 2.22. The lowest BCUT2D eigenvalue weighted by Crippen LogP contribution is -2.23. The third-order valence-corrected chi connectivity index (χ3v) is 3.61. The van der Waals surface area contributed by atoms with E-state index >= 15 is 0 Å². The summed E-state index contributed by atoms with van der Waals surface area (Å²) in [6, 6.07) is 4.08. The number of hydrogen-bond acceptors (Lipinski definition) is 5. The standard InChI is InChI=1S/C9H8FN3O4S/c1-6(5-11)18(16,17)12-7-2-3-9(13(14)15)8(10)4-7/h2-4,6,12H,1H3. The second-order valence-electron chi connectivity index (χ2n) is 3.34. The van der Waals surface area contributed by atoms with Crippen LogP contribution in [-0.2, 0) is 10.0 Å². The zero-order chi connectivity index (χ0) is 13.9. The number of nitro groups is 1. The fourth-order valence-electron chi connectivity index (χ4n) is 1.04. The summed E-state index contributed by atoms with van der Waals surface area (Å²) in [7, 11) is -3.96. The third-order valence-electron chi connectivity index (χ3n) is 2.05. The van der Waals surface area contributed by atoms with Gasteiger partial charge in [-0.05, 0) is 13.0 Å². The number of sulfonamides is 1. The maximum atomic E-state index is 13.2. The molecule has 0 saturated carbocycles. The first-order chi connectivity index (χ1) is 8.27. The minimum atomic E-state index is -3.96. The van der Waals surface area contributed by atoms with Crippen molar-refractivity contribution in [3.8, 4) is 6.07 Å². The summed E-state index contributed by atoms with van der Waals surface area (Å²) < 4.78 is 38.1. The Kier molecular flexibility index (Phi) is 3.82. The lowest BCUT2D eigenvalue weighted by Gasteiger charge is -2.08. The highest BCUT2D eigenvalue weighted by atomic mass is 32.2. The average molecular weight is 273 g/mol. The average Bonchev–Trinajstić information content (AvgIpc) is 2.26. The van der Waals surface area contributed by atoms with E-state index < -0.39 is 31.7 Å². The summed E-state index contributed by atoms with van der Waals surface area (Å²) in [5.74, 6) is -1.16. The molecule has 1 aromatic rings. The molecule has 0 bridgehead atoms. The van der Waals surface area contributed by atoms with Crippen molar-refractivity contribution in [2.75, 3.05) is 4.72 Å². The minimum Gasteiger partial charge on any atom is -0.282 e. The van der Waals surface area contributed by atoms with Crippen LogP contribution in [0.3, 0.4) is 0 Å². The van der Waals surface area contributed by atoms with Gasteiger partial charge in [0.2, 0.25) is 15.8 Å². The Labute approximate surface area is 102 Å². The molecule has 18 heavy (non-hydrogen) atoms. The highest BCUT2D eigenvalue weighted by molar-refractivity contribution is 7.93. The van der Waals surface area contributed by atoms with Gasteiger partial charge in [-0.3, -0.25) is 14.8 Å². The fourth-order valence-corrected chi connectivity index (χ4v) is 1.81. The molecule has 0 aliphatic carbocycles. The van der Waals surface area contributed by atoms with Gasteiger partial charge in [0.1, 0.15) is 0 Å². The second kappa shape index (κ2) is 4.97. The number of nitro benzene ring substituents is 1. The maximum absolute atomic E-state index is 13.2. The molecule has 1 rings (SSSR count). The van der Waals surface area contributed by atoms with E-state index in [1.807, 2.05) is 4.72 Å². The first-order valence-corrected chi connectivity index (χ1v) is 6.17. The van der Waals surface area contributed by atoms with Crippen LogP contribution in [0.5, 0.6) is 0 Å². The van der Waals surface area contributed by atoms with Crippen molar-refractivity contribution < 1.29 is 17.7 Å². The molecular weight excluding hydrogens is 265 g/mol. The Balaban J connectivity index is 3.05. The molecule has 96 valence electrons. The van der Waals surface area contributed by atoms with Gasteiger partial charge in [0.15, 0.2) is 5.25 Å². The number of hydrogen-bond donors (Lipinski definition) is 1. The quantitative estimate of drug-likeness (QED) is 0.657. The number of nitrogens with zero attached hydrogens (tertiary/aromatic N) is 2. The van der Waals surface area contributed by atoms with Gasteiger partial charge in [-0.2, -0.15) is 9.65 Å². The predicted octanol–water partition coefficient (Wildman–Crippen LogP) is 1.39. The smallest absolute Gasteiger partial charge is 0.282 e. The monoisotopic (exact) mass is 273 g/mol. The summed E-state index contributed by atoms with van der Waals surface area (Å²) in [5, 5.41) is 17.5. The van der Waals surface area contributed by atoms with Crippen LogP contribution in [0.1, 0.15) is 6.92 Å². The summed E-state index contributed by atoms with van der Waals surface area (Å²) in [6.45, 7) is 1.16. The molecule has 0 aliphatic heterocycles. The van der Waals surface area contributed by atoms with Gasteiger partial charge in [-0.15, -0.1) is 0 Å². The fraction of sp³-hybridized carbons (Fsp3) is 0.222. The molecule has 0 amide bonds. The number of halogens is 1. The SMILES string of the molecule is CC(C#N)S(=O)(=O)Nc1ccc([N+](=O)[O-])c(F)c1. The van der Waals surface area contributed by atoms with Crippen LogP contribution in [0.2, 0.25) is 0 Å². The molecule has 0 saturated heterocycles. The van der Waals surface area contributed by atoms with E-state index in [9.17, 15) is 22.9 Å². The van der Waals surface area contributed by atoms with Crippen molar-refractivity contribution in [1.29, 1.82) is 5.26 Å². The van der Waals surface area contributed by atoms with Crippen molar-refractivity contribution in [3.63, 3.8) is 0 Å². The minimum absolute atomic E-state index is 0.180. The molecule has 1 atom stereocenters. The number of benzene rings is 1. The van der Waals surface area contributed by atoms with E-state index in [4.69, 9.17) is 5.26 Å². The van der Waals surface area contributed by atoms with Gasteiger partial charge in [-0.1, -0.05) is 0 Å². The van der Waals surface area contributed by atoms with E-state index in [-0.39, 0.29) is 5.69 Å². The Morgan fingerprint density at radius 3 is 2.61 bits per heavy atom. The van der Waals surface area contributed by atoms with Crippen LogP contribution in [0.15, 0.2) is 18.2 Å². The van der Waals surface area contributed by atoms with Crippen LogP contribution in [0, 0.1) is 27.3 Å². The first-order valence-electron chi connectivity index (χ1n) is 4.63. The van der Waals surface area contributed by atoms with Crippen LogP contribution in [-0.4, -0.2) is 18.6 Å². The topological polar surface area (TPSA) is 113 Å². The number of rotatable bonds is 4. The van der Waals surface area contributed by atoms with E-state index in [1.54, 1.807) is 0 Å². The Morgan fingerprint density at radius 1 is 1.56 bits per heavy atom. The normalized spacial score (nSPS) is 12.5. The molecule has 0 spiro atoms. The van der Waals surface area contributed by atoms with Crippen molar-refractivity contribution in [2.24, 2.45) is 0 Å². The van der Waals surface area contributed by atoms with Crippen LogP contribution in [0.25, 0.3) is 0 Å². The van der Waals surface area contributed by atoms with Gasteiger partial charge < -0.3 is 0 Å². The van der Waals surface area contributed by atoms with Crippen LogP contribution < -0.4 is 4.72 Å². The highest BCUT2D eigenvalue weighted by Gasteiger charge is 2.21. The zero-order valence-electron chi connectivity index (χ0n) is 9.12.